The molecule has 3 nitrogen and oxygen atoms in total. The van der Waals surface area contributed by atoms with E-state index in [9.17, 15) is 0 Å². The van der Waals surface area contributed by atoms with Crippen molar-refractivity contribution in [2.45, 2.75) is 20.4 Å². The van der Waals surface area contributed by atoms with E-state index < -0.39 is 0 Å². The van der Waals surface area contributed by atoms with Crippen LogP contribution in [0.25, 0.3) is 0 Å². The first-order valence-electron chi connectivity index (χ1n) is 5.46. The zero-order chi connectivity index (χ0) is 12.0. The molecule has 0 saturated heterocycles. The predicted molar refractivity (Wildman–Crippen MR) is 69.7 cm³/mol. The molecule has 0 bridgehead atoms. The molecule has 0 aliphatic rings. The molecule has 1 aromatic carbocycles. The van der Waals surface area contributed by atoms with Gasteiger partial charge in [-0.15, -0.1) is 0 Å². The Morgan fingerprint density at radius 1 is 1.25 bits per heavy atom. The van der Waals surface area contributed by atoms with E-state index in [0.29, 0.717) is 12.5 Å². The second kappa shape index (κ2) is 6.38. The molecule has 0 amide bonds. The van der Waals surface area contributed by atoms with Crippen molar-refractivity contribution < 1.29 is 0 Å². The van der Waals surface area contributed by atoms with E-state index in [2.05, 4.69) is 18.8 Å². The standard InChI is InChI=1S/C12H18ClN3/c1-3-16(4-2)12(14)15-9-10-5-7-11(13)8-6-10/h5-8H,3-4,9H2,1-2H3,(H2,14,15). The first-order valence-corrected chi connectivity index (χ1v) is 5.84. The first kappa shape index (κ1) is 12.8. The summed E-state index contributed by atoms with van der Waals surface area (Å²) in [6.07, 6.45) is 0. The number of rotatable bonds is 4. The van der Waals surface area contributed by atoms with Gasteiger partial charge in [0.25, 0.3) is 0 Å². The molecule has 0 saturated carbocycles. The minimum atomic E-state index is 0.597. The molecule has 0 radical (unpaired) electrons. The molecule has 0 heterocycles. The van der Waals surface area contributed by atoms with Crippen LogP contribution in [0, 0.1) is 0 Å². The zero-order valence-corrected chi connectivity index (χ0v) is 10.5. The molecule has 16 heavy (non-hydrogen) atoms. The number of hydrogen-bond acceptors (Lipinski definition) is 1. The van der Waals surface area contributed by atoms with Crippen LogP contribution in [0.3, 0.4) is 0 Å². The van der Waals surface area contributed by atoms with Crippen molar-refractivity contribution in [2.24, 2.45) is 10.7 Å². The van der Waals surface area contributed by atoms with Gasteiger partial charge in [-0.2, -0.15) is 0 Å². The van der Waals surface area contributed by atoms with E-state index in [-0.39, 0.29) is 0 Å². The molecule has 0 aliphatic heterocycles. The van der Waals surface area contributed by atoms with E-state index in [1.54, 1.807) is 0 Å². The van der Waals surface area contributed by atoms with Crippen LogP contribution >= 0.6 is 11.6 Å². The lowest BCUT2D eigenvalue weighted by atomic mass is 10.2. The second-order valence-electron chi connectivity index (χ2n) is 3.47. The topological polar surface area (TPSA) is 41.6 Å². The Kier molecular flexibility index (Phi) is 5.12. The highest BCUT2D eigenvalue weighted by molar-refractivity contribution is 6.30. The van der Waals surface area contributed by atoms with Crippen molar-refractivity contribution in [3.05, 3.63) is 34.9 Å². The maximum Gasteiger partial charge on any atom is 0.191 e. The minimum absolute atomic E-state index is 0.597. The first-order chi connectivity index (χ1) is 7.67. The number of halogens is 1. The van der Waals surface area contributed by atoms with Gasteiger partial charge in [0, 0.05) is 18.1 Å². The van der Waals surface area contributed by atoms with Crippen molar-refractivity contribution in [1.29, 1.82) is 0 Å². The van der Waals surface area contributed by atoms with E-state index >= 15 is 0 Å². The van der Waals surface area contributed by atoms with Crippen LogP contribution in [0.15, 0.2) is 29.3 Å². The van der Waals surface area contributed by atoms with Gasteiger partial charge in [-0.05, 0) is 31.5 Å². The zero-order valence-electron chi connectivity index (χ0n) is 9.78. The Hall–Kier alpha value is -1.22. The maximum atomic E-state index is 5.87. The number of aliphatic imine (C=N–C) groups is 1. The van der Waals surface area contributed by atoms with E-state index in [1.165, 1.54) is 0 Å². The molecule has 2 N–H and O–H groups in total. The number of benzene rings is 1. The van der Waals surface area contributed by atoms with Gasteiger partial charge in [0.05, 0.1) is 6.54 Å². The van der Waals surface area contributed by atoms with Gasteiger partial charge >= 0.3 is 0 Å². The lowest BCUT2D eigenvalue weighted by Crippen LogP contribution is -2.37. The molecule has 0 aliphatic carbocycles. The Morgan fingerprint density at radius 2 is 1.81 bits per heavy atom. The Morgan fingerprint density at radius 3 is 2.31 bits per heavy atom. The summed E-state index contributed by atoms with van der Waals surface area (Å²) in [5.41, 5.74) is 6.98. The molecule has 1 rings (SSSR count). The average molecular weight is 240 g/mol. The second-order valence-corrected chi connectivity index (χ2v) is 3.91. The normalized spacial score (nSPS) is 11.6. The molecule has 0 unspecified atom stereocenters. The van der Waals surface area contributed by atoms with Gasteiger partial charge in [-0.25, -0.2) is 4.99 Å². The molecular weight excluding hydrogens is 222 g/mol. The monoisotopic (exact) mass is 239 g/mol. The molecule has 4 heteroatoms. The number of nitrogens with two attached hydrogens (primary N) is 1. The summed E-state index contributed by atoms with van der Waals surface area (Å²) < 4.78 is 0. The van der Waals surface area contributed by atoms with Crippen LogP contribution in [0.1, 0.15) is 19.4 Å². The van der Waals surface area contributed by atoms with Crippen molar-refractivity contribution in [3.8, 4) is 0 Å². The summed E-state index contributed by atoms with van der Waals surface area (Å²) in [5.74, 6) is 0.597. The van der Waals surface area contributed by atoms with Crippen LogP contribution in [0.4, 0.5) is 0 Å². The number of guanidine groups is 1. The third-order valence-electron chi connectivity index (χ3n) is 2.42. The van der Waals surface area contributed by atoms with Gasteiger partial charge in [-0.1, -0.05) is 23.7 Å². The molecule has 1 aromatic rings. The van der Waals surface area contributed by atoms with Crippen molar-refractivity contribution in [3.63, 3.8) is 0 Å². The van der Waals surface area contributed by atoms with Crippen LogP contribution in [0.2, 0.25) is 5.02 Å². The number of nitrogens with zero attached hydrogens (tertiary/aromatic N) is 2. The van der Waals surface area contributed by atoms with E-state index in [1.807, 2.05) is 29.2 Å². The third kappa shape index (κ3) is 3.74. The summed E-state index contributed by atoms with van der Waals surface area (Å²) in [5, 5.41) is 0.740. The van der Waals surface area contributed by atoms with Crippen molar-refractivity contribution in [2.75, 3.05) is 13.1 Å². The summed E-state index contributed by atoms with van der Waals surface area (Å²) in [6, 6.07) is 7.64. The molecular formula is C12H18ClN3. The summed E-state index contributed by atoms with van der Waals surface area (Å²) in [6.45, 7) is 6.49. The maximum absolute atomic E-state index is 5.87. The van der Waals surface area contributed by atoms with E-state index in [4.69, 9.17) is 17.3 Å². The minimum Gasteiger partial charge on any atom is -0.370 e. The number of hydrogen-bond donors (Lipinski definition) is 1. The van der Waals surface area contributed by atoms with Crippen LogP contribution in [0.5, 0.6) is 0 Å². The fourth-order valence-corrected chi connectivity index (χ4v) is 1.54. The fourth-order valence-electron chi connectivity index (χ4n) is 1.41. The molecule has 88 valence electrons. The SMILES string of the molecule is CCN(CC)C(N)=NCc1ccc(Cl)cc1. The van der Waals surface area contributed by atoms with E-state index in [0.717, 1.165) is 23.7 Å². The van der Waals surface area contributed by atoms with Gasteiger partial charge in [0.2, 0.25) is 0 Å². The van der Waals surface area contributed by atoms with Gasteiger partial charge in [-0.3, -0.25) is 0 Å². The summed E-state index contributed by atoms with van der Waals surface area (Å²) in [4.78, 5) is 6.37. The highest BCUT2D eigenvalue weighted by atomic mass is 35.5. The Balaban J connectivity index is 2.61. The van der Waals surface area contributed by atoms with Crippen molar-refractivity contribution >= 4 is 17.6 Å². The van der Waals surface area contributed by atoms with Crippen LogP contribution in [-0.4, -0.2) is 23.9 Å². The highest BCUT2D eigenvalue weighted by Gasteiger charge is 2.01. The van der Waals surface area contributed by atoms with Crippen LogP contribution in [-0.2, 0) is 6.54 Å². The lowest BCUT2D eigenvalue weighted by Gasteiger charge is -2.19. The molecule has 0 atom stereocenters. The lowest BCUT2D eigenvalue weighted by molar-refractivity contribution is 0.458. The summed E-state index contributed by atoms with van der Waals surface area (Å²) >= 11 is 5.80. The highest BCUT2D eigenvalue weighted by Crippen LogP contribution is 2.10. The Bertz CT molecular complexity index is 342. The molecule has 0 fully saturated rings. The van der Waals surface area contributed by atoms with Gasteiger partial charge < -0.3 is 10.6 Å². The van der Waals surface area contributed by atoms with Crippen LogP contribution < -0.4 is 5.73 Å². The quantitative estimate of drug-likeness (QED) is 0.648. The summed E-state index contributed by atoms with van der Waals surface area (Å²) in [7, 11) is 0. The third-order valence-corrected chi connectivity index (χ3v) is 2.68. The average Bonchev–Trinajstić information content (AvgIpc) is 2.30. The van der Waals surface area contributed by atoms with Crippen molar-refractivity contribution in [1.82, 2.24) is 4.90 Å². The van der Waals surface area contributed by atoms with Gasteiger partial charge in [0.1, 0.15) is 0 Å². The predicted octanol–water partition coefficient (Wildman–Crippen LogP) is 2.50. The smallest absolute Gasteiger partial charge is 0.191 e. The van der Waals surface area contributed by atoms with Gasteiger partial charge in [0.15, 0.2) is 5.96 Å². The fraction of sp³-hybridized carbons (Fsp3) is 0.417. The largest absolute Gasteiger partial charge is 0.370 e. The molecule has 0 aromatic heterocycles. The molecule has 0 spiro atoms. The Labute approximate surface area is 102 Å².